The van der Waals surface area contributed by atoms with Gasteiger partial charge in [-0.2, -0.15) is 0 Å². The maximum atomic E-state index is 12.4. The van der Waals surface area contributed by atoms with Crippen molar-refractivity contribution in [3.8, 4) is 0 Å². The third-order valence-corrected chi connectivity index (χ3v) is 4.68. The molecule has 7 nitrogen and oxygen atoms in total. The van der Waals surface area contributed by atoms with Gasteiger partial charge in [-0.1, -0.05) is 6.07 Å². The number of nitrogens with two attached hydrogens (primary N) is 1. The largest absolute Gasteiger partial charge is 0.478 e. The minimum atomic E-state index is -4.00. The van der Waals surface area contributed by atoms with Gasteiger partial charge in [0.05, 0.1) is 20.9 Å². The van der Waals surface area contributed by atoms with Crippen molar-refractivity contribution in [3.63, 3.8) is 0 Å². The predicted molar refractivity (Wildman–Crippen MR) is 76.7 cm³/mol. The molecular formula is C14H11NO6S. The average Bonchev–Trinajstić information content (AvgIpc) is 2.46. The number of sulfone groups is 1. The van der Waals surface area contributed by atoms with Crippen LogP contribution in [0.1, 0.15) is 20.7 Å². The Hall–Kier alpha value is -2.87. The highest BCUT2D eigenvalue weighted by Gasteiger charge is 2.23. The minimum Gasteiger partial charge on any atom is -0.478 e. The molecule has 114 valence electrons. The van der Waals surface area contributed by atoms with Crippen molar-refractivity contribution in [2.75, 3.05) is 5.73 Å². The summed E-state index contributed by atoms with van der Waals surface area (Å²) in [6, 6.07) is 8.34. The van der Waals surface area contributed by atoms with Crippen molar-refractivity contribution in [2.24, 2.45) is 0 Å². The van der Waals surface area contributed by atoms with Crippen molar-refractivity contribution in [3.05, 3.63) is 53.6 Å². The van der Waals surface area contributed by atoms with E-state index in [-0.39, 0.29) is 15.5 Å². The number of aromatic carboxylic acids is 2. The van der Waals surface area contributed by atoms with E-state index < -0.39 is 32.9 Å². The summed E-state index contributed by atoms with van der Waals surface area (Å²) in [5.74, 6) is -2.98. The molecule has 0 atom stereocenters. The predicted octanol–water partition coefficient (Wildman–Crippen LogP) is 1.50. The second kappa shape index (κ2) is 5.49. The number of hydrogen-bond donors (Lipinski definition) is 3. The standard InChI is InChI=1S/C14H11NO6S/c15-8-2-1-3-9(6-8)22(20,21)10-4-5-11(13(16)17)12(7-10)14(18)19/h1-7H,15H2,(H,16,17)(H,18,19). The van der Waals surface area contributed by atoms with Gasteiger partial charge in [-0.3, -0.25) is 0 Å². The minimum absolute atomic E-state index is 0.105. The first-order valence-corrected chi connectivity index (χ1v) is 7.43. The summed E-state index contributed by atoms with van der Waals surface area (Å²) in [6.45, 7) is 0. The molecule has 2 rings (SSSR count). The summed E-state index contributed by atoms with van der Waals surface area (Å²) in [5, 5.41) is 18.0. The maximum absolute atomic E-state index is 12.4. The van der Waals surface area contributed by atoms with E-state index >= 15 is 0 Å². The molecule has 0 radical (unpaired) electrons. The molecule has 8 heteroatoms. The van der Waals surface area contributed by atoms with Crippen LogP contribution >= 0.6 is 0 Å². The topological polar surface area (TPSA) is 135 Å². The molecule has 22 heavy (non-hydrogen) atoms. The van der Waals surface area contributed by atoms with Crippen molar-refractivity contribution >= 4 is 27.5 Å². The summed E-state index contributed by atoms with van der Waals surface area (Å²) >= 11 is 0. The summed E-state index contributed by atoms with van der Waals surface area (Å²) < 4.78 is 24.9. The molecule has 0 aliphatic rings. The van der Waals surface area contributed by atoms with E-state index in [0.717, 1.165) is 18.2 Å². The summed E-state index contributed by atoms with van der Waals surface area (Å²) in [5.41, 5.74) is 4.69. The maximum Gasteiger partial charge on any atom is 0.336 e. The van der Waals surface area contributed by atoms with E-state index in [2.05, 4.69) is 0 Å². The molecule has 0 aliphatic carbocycles. The van der Waals surface area contributed by atoms with Crippen LogP contribution in [0.5, 0.6) is 0 Å². The van der Waals surface area contributed by atoms with Gasteiger partial charge in [0.1, 0.15) is 0 Å². The van der Waals surface area contributed by atoms with Crippen LogP contribution in [0, 0.1) is 0 Å². The Bertz CT molecular complexity index is 873. The van der Waals surface area contributed by atoms with Gasteiger partial charge < -0.3 is 15.9 Å². The smallest absolute Gasteiger partial charge is 0.336 e. The van der Waals surface area contributed by atoms with E-state index in [1.165, 1.54) is 24.3 Å². The van der Waals surface area contributed by atoms with E-state index in [4.69, 9.17) is 15.9 Å². The third-order valence-electron chi connectivity index (χ3n) is 2.93. The normalized spacial score (nSPS) is 11.1. The molecule has 0 aliphatic heterocycles. The average molecular weight is 321 g/mol. The van der Waals surface area contributed by atoms with Gasteiger partial charge in [0.25, 0.3) is 0 Å². The molecular weight excluding hydrogens is 310 g/mol. The van der Waals surface area contributed by atoms with Crippen LogP contribution in [-0.2, 0) is 9.84 Å². The molecule has 0 amide bonds. The number of benzene rings is 2. The van der Waals surface area contributed by atoms with Crippen LogP contribution in [0.4, 0.5) is 5.69 Å². The molecule has 0 unspecified atom stereocenters. The van der Waals surface area contributed by atoms with Crippen LogP contribution < -0.4 is 5.73 Å². The molecule has 0 fully saturated rings. The van der Waals surface area contributed by atoms with Gasteiger partial charge in [0, 0.05) is 5.69 Å². The van der Waals surface area contributed by atoms with E-state index in [0.29, 0.717) is 0 Å². The van der Waals surface area contributed by atoms with Crippen LogP contribution in [0.25, 0.3) is 0 Å². The number of carboxylic acid groups (broad SMARTS) is 2. The van der Waals surface area contributed by atoms with Crippen molar-refractivity contribution in [1.82, 2.24) is 0 Å². The van der Waals surface area contributed by atoms with Gasteiger partial charge in [0.2, 0.25) is 9.84 Å². The molecule has 2 aromatic rings. The number of carbonyl (C=O) groups is 2. The molecule has 0 saturated heterocycles. The summed E-state index contributed by atoms with van der Waals surface area (Å²) in [4.78, 5) is 21.7. The fraction of sp³-hybridized carbons (Fsp3) is 0. The lowest BCUT2D eigenvalue weighted by Gasteiger charge is -2.08. The number of anilines is 1. The Morgan fingerprint density at radius 1 is 0.864 bits per heavy atom. The van der Waals surface area contributed by atoms with Crippen molar-refractivity contribution in [1.29, 1.82) is 0 Å². The zero-order valence-corrected chi connectivity index (χ0v) is 11.9. The fourth-order valence-corrected chi connectivity index (χ4v) is 3.21. The Labute approximate surface area is 125 Å². The second-order valence-electron chi connectivity index (χ2n) is 4.39. The quantitative estimate of drug-likeness (QED) is 0.726. The lowest BCUT2D eigenvalue weighted by molar-refractivity contribution is 0.0651. The van der Waals surface area contributed by atoms with Gasteiger partial charge >= 0.3 is 11.9 Å². The van der Waals surface area contributed by atoms with Gasteiger partial charge in [-0.25, -0.2) is 18.0 Å². The Morgan fingerprint density at radius 2 is 1.45 bits per heavy atom. The van der Waals surface area contributed by atoms with Gasteiger partial charge in [-0.15, -0.1) is 0 Å². The van der Waals surface area contributed by atoms with Crippen LogP contribution in [-0.4, -0.2) is 30.6 Å². The SMILES string of the molecule is Nc1cccc(S(=O)(=O)c2ccc(C(=O)O)c(C(=O)O)c2)c1. The number of hydrogen-bond acceptors (Lipinski definition) is 5. The Morgan fingerprint density at radius 3 is 2.00 bits per heavy atom. The van der Waals surface area contributed by atoms with E-state index in [9.17, 15) is 18.0 Å². The first-order valence-electron chi connectivity index (χ1n) is 5.95. The molecule has 4 N–H and O–H groups in total. The van der Waals surface area contributed by atoms with E-state index in [1.807, 2.05) is 0 Å². The second-order valence-corrected chi connectivity index (χ2v) is 6.34. The molecule has 0 aromatic heterocycles. The highest BCUT2D eigenvalue weighted by molar-refractivity contribution is 7.91. The Kier molecular flexibility index (Phi) is 3.87. The number of carboxylic acids is 2. The Balaban J connectivity index is 2.65. The molecule has 0 saturated carbocycles. The lowest BCUT2D eigenvalue weighted by atomic mass is 10.1. The zero-order valence-electron chi connectivity index (χ0n) is 11.1. The molecule has 0 heterocycles. The molecule has 0 spiro atoms. The first-order chi connectivity index (χ1) is 10.2. The third kappa shape index (κ3) is 2.77. The number of nitrogen functional groups attached to an aromatic ring is 1. The van der Waals surface area contributed by atoms with Crippen LogP contribution in [0.2, 0.25) is 0 Å². The van der Waals surface area contributed by atoms with Crippen LogP contribution in [0.3, 0.4) is 0 Å². The molecule has 0 bridgehead atoms. The lowest BCUT2D eigenvalue weighted by Crippen LogP contribution is -2.11. The zero-order chi connectivity index (χ0) is 16.5. The highest BCUT2D eigenvalue weighted by Crippen LogP contribution is 2.24. The van der Waals surface area contributed by atoms with E-state index in [1.54, 1.807) is 0 Å². The fourth-order valence-electron chi connectivity index (χ4n) is 1.87. The van der Waals surface area contributed by atoms with Crippen molar-refractivity contribution in [2.45, 2.75) is 9.79 Å². The highest BCUT2D eigenvalue weighted by atomic mass is 32.2. The molecule has 2 aromatic carbocycles. The number of rotatable bonds is 4. The monoisotopic (exact) mass is 321 g/mol. The summed E-state index contributed by atoms with van der Waals surface area (Å²) in [7, 11) is -4.00. The summed E-state index contributed by atoms with van der Waals surface area (Å²) in [6.07, 6.45) is 0. The first kappa shape index (κ1) is 15.5. The van der Waals surface area contributed by atoms with Gasteiger partial charge in [-0.05, 0) is 36.4 Å². The van der Waals surface area contributed by atoms with Gasteiger partial charge in [0.15, 0.2) is 0 Å². The van der Waals surface area contributed by atoms with Crippen molar-refractivity contribution < 1.29 is 28.2 Å². The van der Waals surface area contributed by atoms with Crippen LogP contribution in [0.15, 0.2) is 52.3 Å².